The summed E-state index contributed by atoms with van der Waals surface area (Å²) in [4.78, 5) is 9.72. The van der Waals surface area contributed by atoms with Crippen molar-refractivity contribution in [3.63, 3.8) is 0 Å². The van der Waals surface area contributed by atoms with Gasteiger partial charge in [0.05, 0.1) is 0 Å². The number of halogens is 1. The fourth-order valence-corrected chi connectivity index (χ4v) is 0.101. The second-order valence-electron chi connectivity index (χ2n) is 1.04. The molecule has 0 aliphatic heterocycles. The quantitative estimate of drug-likeness (QED) is 0.493. The zero-order chi connectivity index (χ0) is 5.86. The van der Waals surface area contributed by atoms with E-state index in [1.807, 2.05) is 0 Å². The fourth-order valence-electron chi connectivity index (χ4n) is 0.101. The first-order chi connectivity index (χ1) is 3.18. The highest BCUT2D eigenvalue weighted by Crippen LogP contribution is 1.89. The van der Waals surface area contributed by atoms with Crippen LogP contribution in [0, 0.1) is 0 Å². The zero-order valence-electron chi connectivity index (χ0n) is 3.60. The van der Waals surface area contributed by atoms with Crippen LogP contribution >= 0.6 is 11.6 Å². The van der Waals surface area contributed by atoms with Crippen LogP contribution in [0.5, 0.6) is 0 Å². The van der Waals surface area contributed by atoms with Gasteiger partial charge < -0.3 is 10.8 Å². The molecule has 0 fully saturated rings. The molecule has 42 valence electrons. The number of hydrogen-bond donors (Lipinski definition) is 2. The van der Waals surface area contributed by atoms with Gasteiger partial charge in [-0.25, -0.2) is 0 Å². The van der Waals surface area contributed by atoms with E-state index in [2.05, 4.69) is 0 Å². The fraction of sp³-hybridized carbons (Fsp3) is 0.667. The van der Waals surface area contributed by atoms with Crippen molar-refractivity contribution in [1.29, 1.82) is 0 Å². The summed E-state index contributed by atoms with van der Waals surface area (Å²) in [6.07, 6.45) is 0. The van der Waals surface area contributed by atoms with Gasteiger partial charge in [0.2, 0.25) is 0 Å². The zero-order valence-corrected chi connectivity index (χ0v) is 4.35. The lowest BCUT2D eigenvalue weighted by Crippen LogP contribution is -2.22. The second kappa shape index (κ2) is 2.82. The van der Waals surface area contributed by atoms with Crippen LogP contribution in [0.15, 0.2) is 0 Å². The molecule has 0 rings (SSSR count). The molecule has 0 aromatic heterocycles. The number of carboxylic acid groups (broad SMARTS) is 1. The van der Waals surface area contributed by atoms with Gasteiger partial charge >= 0.3 is 5.97 Å². The molecule has 0 heterocycles. The van der Waals surface area contributed by atoms with E-state index in [9.17, 15) is 4.79 Å². The molecule has 3 N–H and O–H groups in total. The number of alkyl halides is 1. The number of carbonyl (C=O) groups is 1. The Balaban J connectivity index is 3.34. The van der Waals surface area contributed by atoms with Gasteiger partial charge in [-0.15, -0.1) is 11.6 Å². The lowest BCUT2D eigenvalue weighted by molar-refractivity contribution is -0.136. The molecule has 0 saturated carbocycles. The molecule has 0 aromatic rings. The smallest absolute Gasteiger partial charge is 0.322 e. The Labute approximate surface area is 46.1 Å². The van der Waals surface area contributed by atoms with Crippen LogP contribution < -0.4 is 5.73 Å². The number of hydrogen-bond acceptors (Lipinski definition) is 2. The van der Waals surface area contributed by atoms with Crippen LogP contribution in [-0.4, -0.2) is 23.0 Å². The topological polar surface area (TPSA) is 63.3 Å². The molecule has 0 radical (unpaired) electrons. The molecule has 3 nitrogen and oxygen atoms in total. The summed E-state index contributed by atoms with van der Waals surface area (Å²) < 4.78 is 0. The van der Waals surface area contributed by atoms with E-state index in [-0.39, 0.29) is 6.54 Å². The van der Waals surface area contributed by atoms with Gasteiger partial charge in [0.15, 0.2) is 0 Å². The highest BCUT2D eigenvalue weighted by atomic mass is 35.5. The van der Waals surface area contributed by atoms with Crippen molar-refractivity contribution >= 4 is 17.6 Å². The van der Waals surface area contributed by atoms with Gasteiger partial charge in [-0.2, -0.15) is 0 Å². The van der Waals surface area contributed by atoms with E-state index in [0.29, 0.717) is 0 Å². The van der Waals surface area contributed by atoms with Gasteiger partial charge in [0, 0.05) is 6.54 Å². The maximum absolute atomic E-state index is 9.72. The molecular formula is C3H6ClNO2. The first kappa shape index (κ1) is 6.72. The van der Waals surface area contributed by atoms with Gasteiger partial charge in [-0.3, -0.25) is 4.79 Å². The summed E-state index contributed by atoms with van der Waals surface area (Å²) >= 11 is 5.08. The van der Waals surface area contributed by atoms with Crippen molar-refractivity contribution in [2.45, 2.75) is 5.38 Å². The Kier molecular flexibility index (Phi) is 2.71. The third-order valence-corrected chi connectivity index (χ3v) is 0.840. The van der Waals surface area contributed by atoms with Gasteiger partial charge in [0.1, 0.15) is 5.38 Å². The SMILES string of the molecule is NCC(Cl)C(=O)O. The van der Waals surface area contributed by atoms with Crippen molar-refractivity contribution in [3.8, 4) is 0 Å². The summed E-state index contributed by atoms with van der Waals surface area (Å²) in [6, 6.07) is 0. The lowest BCUT2D eigenvalue weighted by atomic mass is 10.4. The largest absolute Gasteiger partial charge is 0.480 e. The number of aliphatic carboxylic acids is 1. The van der Waals surface area contributed by atoms with Crippen LogP contribution in [0.2, 0.25) is 0 Å². The van der Waals surface area contributed by atoms with E-state index in [0.717, 1.165) is 0 Å². The van der Waals surface area contributed by atoms with Crippen molar-refractivity contribution in [1.82, 2.24) is 0 Å². The number of nitrogens with two attached hydrogens (primary N) is 1. The van der Waals surface area contributed by atoms with Crippen LogP contribution in [0.4, 0.5) is 0 Å². The highest BCUT2D eigenvalue weighted by molar-refractivity contribution is 6.29. The average Bonchev–Trinajstić information content (AvgIpc) is 1.65. The normalized spacial score (nSPS) is 13.4. The molecule has 4 heteroatoms. The van der Waals surface area contributed by atoms with E-state index in [1.165, 1.54) is 0 Å². The number of carboxylic acids is 1. The van der Waals surface area contributed by atoms with E-state index >= 15 is 0 Å². The second-order valence-corrected chi connectivity index (χ2v) is 1.57. The summed E-state index contributed by atoms with van der Waals surface area (Å²) in [5.74, 6) is -1.07. The minimum Gasteiger partial charge on any atom is -0.480 e. The standard InChI is InChI=1S/C3H6ClNO2/c4-2(1-5)3(6)7/h2H,1,5H2,(H,6,7). The lowest BCUT2D eigenvalue weighted by Gasteiger charge is -1.94. The monoisotopic (exact) mass is 123 g/mol. The molecule has 1 atom stereocenters. The summed E-state index contributed by atoms with van der Waals surface area (Å²) in [6.45, 7) is -0.0170. The van der Waals surface area contributed by atoms with Gasteiger partial charge in [0.25, 0.3) is 0 Å². The molecule has 7 heavy (non-hydrogen) atoms. The molecule has 0 aliphatic rings. The van der Waals surface area contributed by atoms with Crippen molar-refractivity contribution in [2.24, 2.45) is 5.73 Å². The molecule has 0 aromatic carbocycles. The predicted molar refractivity (Wildman–Crippen MR) is 26.3 cm³/mol. The molecule has 0 saturated heterocycles. The molecule has 0 aliphatic carbocycles. The maximum atomic E-state index is 9.72. The Hall–Kier alpha value is -0.280. The summed E-state index contributed by atoms with van der Waals surface area (Å²) in [5.41, 5.74) is 4.86. The molecule has 0 spiro atoms. The Morgan fingerprint density at radius 3 is 2.43 bits per heavy atom. The molecular weight excluding hydrogens is 117 g/mol. The first-order valence-electron chi connectivity index (χ1n) is 1.75. The highest BCUT2D eigenvalue weighted by Gasteiger charge is 2.08. The van der Waals surface area contributed by atoms with Crippen molar-refractivity contribution in [3.05, 3.63) is 0 Å². The average molecular weight is 124 g/mol. The van der Waals surface area contributed by atoms with Gasteiger partial charge in [-0.1, -0.05) is 0 Å². The third kappa shape index (κ3) is 2.42. The minimum absolute atomic E-state index is 0.0170. The molecule has 0 bridgehead atoms. The van der Waals surface area contributed by atoms with Crippen LogP contribution in [0.1, 0.15) is 0 Å². The van der Waals surface area contributed by atoms with E-state index in [1.54, 1.807) is 0 Å². The third-order valence-electron chi connectivity index (χ3n) is 0.475. The summed E-state index contributed by atoms with van der Waals surface area (Å²) in [7, 11) is 0. The Morgan fingerprint density at radius 2 is 2.43 bits per heavy atom. The first-order valence-corrected chi connectivity index (χ1v) is 2.19. The van der Waals surface area contributed by atoms with E-state index < -0.39 is 11.3 Å². The maximum Gasteiger partial charge on any atom is 0.322 e. The molecule has 0 amide bonds. The van der Waals surface area contributed by atoms with Gasteiger partial charge in [-0.05, 0) is 0 Å². The number of rotatable bonds is 2. The Bertz CT molecular complexity index is 75.3. The molecule has 1 unspecified atom stereocenters. The van der Waals surface area contributed by atoms with Crippen molar-refractivity contribution in [2.75, 3.05) is 6.54 Å². The van der Waals surface area contributed by atoms with E-state index in [4.69, 9.17) is 22.4 Å². The Morgan fingerprint density at radius 1 is 2.00 bits per heavy atom. The minimum atomic E-state index is -1.07. The summed E-state index contributed by atoms with van der Waals surface area (Å²) in [5, 5.41) is 7.04. The van der Waals surface area contributed by atoms with Crippen LogP contribution in [0.3, 0.4) is 0 Å². The van der Waals surface area contributed by atoms with Crippen molar-refractivity contribution < 1.29 is 9.90 Å². The van der Waals surface area contributed by atoms with Crippen LogP contribution in [0.25, 0.3) is 0 Å². The predicted octanol–water partition coefficient (Wildman–Crippen LogP) is -0.363. The van der Waals surface area contributed by atoms with Crippen LogP contribution in [-0.2, 0) is 4.79 Å².